The summed E-state index contributed by atoms with van der Waals surface area (Å²) in [6, 6.07) is 17.6. The summed E-state index contributed by atoms with van der Waals surface area (Å²) in [7, 11) is 0. The van der Waals surface area contributed by atoms with Gasteiger partial charge in [-0.05, 0) is 22.2 Å². The lowest BCUT2D eigenvalue weighted by molar-refractivity contribution is -0.226. The standard InChI is InChI=1S/C20H20N6O4/c21-25-23-11-16-18(27)19(28-12-14-7-3-1-4-8-14)17(24-26-22)20(30-16)29-13-15-9-5-2-6-10-15/h1-10,16-17,19-20H,11-13H2/t16-,17-,19-,20?/m1/s1. The average Bonchev–Trinajstić information content (AvgIpc) is 2.79. The van der Waals surface area contributed by atoms with Crippen LogP contribution in [0.15, 0.2) is 70.9 Å². The number of hydrogen-bond donors (Lipinski definition) is 0. The number of hydrogen-bond acceptors (Lipinski definition) is 6. The van der Waals surface area contributed by atoms with Gasteiger partial charge in [-0.2, -0.15) is 0 Å². The quantitative estimate of drug-likeness (QED) is 0.350. The van der Waals surface area contributed by atoms with Crippen LogP contribution in [0.4, 0.5) is 0 Å². The molecule has 1 aliphatic rings. The van der Waals surface area contributed by atoms with Crippen LogP contribution in [0.2, 0.25) is 0 Å². The number of benzene rings is 2. The Balaban J connectivity index is 1.80. The van der Waals surface area contributed by atoms with E-state index in [1.807, 2.05) is 60.7 Å². The lowest BCUT2D eigenvalue weighted by Crippen LogP contribution is -2.56. The molecular weight excluding hydrogens is 388 g/mol. The van der Waals surface area contributed by atoms with E-state index in [4.69, 9.17) is 25.3 Å². The molecule has 2 aromatic rings. The minimum atomic E-state index is -1.10. The Labute approximate surface area is 172 Å². The Morgan fingerprint density at radius 3 is 2.07 bits per heavy atom. The van der Waals surface area contributed by atoms with Crippen molar-refractivity contribution in [2.45, 2.75) is 37.8 Å². The minimum absolute atomic E-state index is 0.133. The van der Waals surface area contributed by atoms with Crippen LogP contribution in [0.1, 0.15) is 11.1 Å². The molecule has 1 fully saturated rings. The normalized spacial score (nSPS) is 23.3. The second-order valence-electron chi connectivity index (χ2n) is 6.52. The lowest BCUT2D eigenvalue weighted by atomic mass is 9.98. The van der Waals surface area contributed by atoms with Crippen molar-refractivity contribution < 1.29 is 19.0 Å². The molecule has 1 aliphatic heterocycles. The average molecular weight is 408 g/mol. The summed E-state index contributed by atoms with van der Waals surface area (Å²) in [6.07, 6.45) is -3.21. The summed E-state index contributed by atoms with van der Waals surface area (Å²) >= 11 is 0. The molecule has 30 heavy (non-hydrogen) atoms. The van der Waals surface area contributed by atoms with Gasteiger partial charge >= 0.3 is 0 Å². The fraction of sp³-hybridized carbons (Fsp3) is 0.350. The Morgan fingerprint density at radius 1 is 0.900 bits per heavy atom. The maximum absolute atomic E-state index is 12.9. The Hall–Kier alpha value is -3.39. The van der Waals surface area contributed by atoms with Gasteiger partial charge in [0.1, 0.15) is 18.2 Å². The monoisotopic (exact) mass is 408 g/mol. The fourth-order valence-electron chi connectivity index (χ4n) is 3.05. The molecule has 0 saturated carbocycles. The number of Topliss-reactive ketones (excluding diaryl/α,β-unsaturated/α-hetero) is 1. The molecule has 0 bridgehead atoms. The highest BCUT2D eigenvalue weighted by atomic mass is 16.7. The lowest BCUT2D eigenvalue weighted by Gasteiger charge is -2.37. The summed E-state index contributed by atoms with van der Waals surface area (Å²) in [5.74, 6) is -0.463. The topological polar surface area (TPSA) is 142 Å². The van der Waals surface area contributed by atoms with Gasteiger partial charge in [0.15, 0.2) is 12.1 Å². The molecular formula is C20H20N6O4. The van der Waals surface area contributed by atoms with Crippen molar-refractivity contribution in [2.24, 2.45) is 10.2 Å². The van der Waals surface area contributed by atoms with Crippen LogP contribution in [0, 0.1) is 0 Å². The SMILES string of the molecule is [N-]=[N+]=NC[C@H]1OC(OCc2ccccc2)[C@H](N=[N+]=[N-])[C@@H](OCc2ccccc2)C1=O. The Bertz CT molecular complexity index is 929. The number of carbonyl (C=O) groups excluding carboxylic acids is 1. The van der Waals surface area contributed by atoms with Gasteiger partial charge in [0.2, 0.25) is 0 Å². The molecule has 2 aromatic carbocycles. The van der Waals surface area contributed by atoms with Gasteiger partial charge < -0.3 is 14.2 Å². The van der Waals surface area contributed by atoms with Crippen LogP contribution in [0.5, 0.6) is 0 Å². The van der Waals surface area contributed by atoms with Gasteiger partial charge in [-0.1, -0.05) is 70.9 Å². The van der Waals surface area contributed by atoms with Crippen molar-refractivity contribution in [3.05, 3.63) is 92.7 Å². The number of carbonyl (C=O) groups is 1. The van der Waals surface area contributed by atoms with E-state index < -0.39 is 30.3 Å². The van der Waals surface area contributed by atoms with E-state index in [1.165, 1.54) is 0 Å². The van der Waals surface area contributed by atoms with Crippen molar-refractivity contribution in [3.63, 3.8) is 0 Å². The molecule has 0 spiro atoms. The molecule has 0 N–H and O–H groups in total. The van der Waals surface area contributed by atoms with Crippen LogP contribution in [-0.4, -0.2) is 36.9 Å². The van der Waals surface area contributed by atoms with Gasteiger partial charge in [-0.25, -0.2) is 0 Å². The first-order valence-electron chi connectivity index (χ1n) is 9.28. The zero-order chi connectivity index (χ0) is 21.2. The van der Waals surface area contributed by atoms with Crippen LogP contribution in [0.3, 0.4) is 0 Å². The van der Waals surface area contributed by atoms with Crippen molar-refractivity contribution in [1.29, 1.82) is 0 Å². The van der Waals surface area contributed by atoms with Crippen molar-refractivity contribution in [2.75, 3.05) is 6.54 Å². The number of ether oxygens (including phenoxy) is 3. The summed E-state index contributed by atoms with van der Waals surface area (Å²) in [5, 5.41) is 7.16. The van der Waals surface area contributed by atoms with Gasteiger partial charge in [0.05, 0.1) is 19.8 Å². The molecule has 0 aliphatic carbocycles. The van der Waals surface area contributed by atoms with E-state index in [1.54, 1.807) is 0 Å². The number of rotatable bonds is 9. The molecule has 0 radical (unpaired) electrons. The van der Waals surface area contributed by atoms with Crippen molar-refractivity contribution in [3.8, 4) is 0 Å². The van der Waals surface area contributed by atoms with Gasteiger partial charge in [-0.3, -0.25) is 4.79 Å². The molecule has 1 heterocycles. The van der Waals surface area contributed by atoms with Gasteiger partial charge in [0.25, 0.3) is 0 Å². The van der Waals surface area contributed by atoms with Gasteiger partial charge in [-0.15, -0.1) is 0 Å². The first kappa shape index (κ1) is 21.3. The zero-order valence-corrected chi connectivity index (χ0v) is 16.0. The van der Waals surface area contributed by atoms with E-state index >= 15 is 0 Å². The summed E-state index contributed by atoms with van der Waals surface area (Å²) in [5.41, 5.74) is 19.4. The maximum Gasteiger partial charge on any atom is 0.191 e. The third-order valence-electron chi connectivity index (χ3n) is 4.51. The van der Waals surface area contributed by atoms with E-state index in [0.29, 0.717) is 0 Å². The molecule has 0 amide bonds. The summed E-state index contributed by atoms with van der Waals surface area (Å²) < 4.78 is 17.3. The minimum Gasteiger partial charge on any atom is -0.365 e. The third kappa shape index (κ3) is 5.57. The maximum atomic E-state index is 12.9. The van der Waals surface area contributed by atoms with Crippen molar-refractivity contribution >= 4 is 5.78 Å². The van der Waals surface area contributed by atoms with E-state index in [2.05, 4.69) is 20.1 Å². The van der Waals surface area contributed by atoms with E-state index in [-0.39, 0.29) is 19.8 Å². The van der Waals surface area contributed by atoms with Crippen LogP contribution >= 0.6 is 0 Å². The Morgan fingerprint density at radius 2 is 1.50 bits per heavy atom. The van der Waals surface area contributed by atoms with Gasteiger partial charge in [0, 0.05) is 9.82 Å². The molecule has 4 atom stereocenters. The zero-order valence-electron chi connectivity index (χ0n) is 16.0. The highest BCUT2D eigenvalue weighted by molar-refractivity contribution is 5.89. The fourth-order valence-corrected chi connectivity index (χ4v) is 3.05. The van der Waals surface area contributed by atoms with E-state index in [0.717, 1.165) is 11.1 Å². The third-order valence-corrected chi connectivity index (χ3v) is 4.51. The molecule has 1 saturated heterocycles. The van der Waals surface area contributed by atoms with Crippen LogP contribution in [-0.2, 0) is 32.2 Å². The summed E-state index contributed by atoms with van der Waals surface area (Å²) in [4.78, 5) is 18.4. The molecule has 154 valence electrons. The van der Waals surface area contributed by atoms with E-state index in [9.17, 15) is 4.79 Å². The first-order valence-corrected chi connectivity index (χ1v) is 9.28. The highest BCUT2D eigenvalue weighted by Gasteiger charge is 2.46. The predicted molar refractivity (Wildman–Crippen MR) is 107 cm³/mol. The number of ketones is 1. The van der Waals surface area contributed by atoms with Crippen LogP contribution in [0.25, 0.3) is 20.9 Å². The summed E-state index contributed by atoms with van der Waals surface area (Å²) in [6.45, 7) is 0.0971. The first-order chi connectivity index (χ1) is 14.7. The molecule has 0 aromatic heterocycles. The smallest absolute Gasteiger partial charge is 0.191 e. The van der Waals surface area contributed by atoms with Crippen molar-refractivity contribution in [1.82, 2.24) is 0 Å². The molecule has 10 heteroatoms. The highest BCUT2D eigenvalue weighted by Crippen LogP contribution is 2.26. The Kier molecular flexibility index (Phi) is 7.79. The molecule has 1 unspecified atom stereocenters. The second kappa shape index (κ2) is 11.0. The number of nitrogens with zero attached hydrogens (tertiary/aromatic N) is 6. The molecule has 10 nitrogen and oxygen atoms in total. The molecule has 3 rings (SSSR count). The predicted octanol–water partition coefficient (Wildman–Crippen LogP) is 4.07. The number of azide groups is 2. The largest absolute Gasteiger partial charge is 0.365 e. The second-order valence-corrected chi connectivity index (χ2v) is 6.52. The van der Waals surface area contributed by atoms with Crippen LogP contribution < -0.4 is 0 Å².